The molecule has 1 amide bonds. The zero-order valence-electron chi connectivity index (χ0n) is 16.0. The third-order valence-electron chi connectivity index (χ3n) is 4.13. The van der Waals surface area contributed by atoms with Crippen molar-refractivity contribution in [3.8, 4) is 28.6 Å². The Morgan fingerprint density at radius 2 is 1.86 bits per heavy atom. The predicted molar refractivity (Wildman–Crippen MR) is 104 cm³/mol. The average molecular weight is 383 g/mol. The number of benzene rings is 1. The molecule has 0 aliphatic heterocycles. The summed E-state index contributed by atoms with van der Waals surface area (Å²) in [4.78, 5) is 12.3. The maximum absolute atomic E-state index is 12.3. The van der Waals surface area contributed by atoms with Gasteiger partial charge in [0.25, 0.3) is 5.91 Å². The van der Waals surface area contributed by atoms with Gasteiger partial charge in [-0.15, -0.1) is 0 Å². The number of amides is 1. The van der Waals surface area contributed by atoms with Crippen molar-refractivity contribution in [2.45, 2.75) is 0 Å². The van der Waals surface area contributed by atoms with Gasteiger partial charge in [0, 0.05) is 24.9 Å². The van der Waals surface area contributed by atoms with Gasteiger partial charge in [0.2, 0.25) is 0 Å². The van der Waals surface area contributed by atoms with Crippen LogP contribution in [0, 0.1) is 0 Å². The number of aryl methyl sites for hydroxylation is 1. The number of nitrogens with zero attached hydrogens (tertiary/aromatic N) is 3. The van der Waals surface area contributed by atoms with Gasteiger partial charge in [-0.05, 0) is 24.3 Å². The molecular formula is C19H21N5O4. The number of ether oxygens (including phenoxy) is 3. The van der Waals surface area contributed by atoms with Crippen molar-refractivity contribution in [3.63, 3.8) is 0 Å². The van der Waals surface area contributed by atoms with Crippen molar-refractivity contribution in [1.82, 2.24) is 20.2 Å². The van der Waals surface area contributed by atoms with Gasteiger partial charge in [0.1, 0.15) is 17.1 Å². The topological polar surface area (TPSA) is 103 Å². The molecule has 0 radical (unpaired) electrons. The van der Waals surface area contributed by atoms with E-state index in [9.17, 15) is 4.79 Å². The molecule has 2 heterocycles. The highest BCUT2D eigenvalue weighted by atomic mass is 16.5. The standard InChI is InChI=1S/C19H21N5O4/c1-24-7-5-6-15(24)13-9-14(22-21-13)19(25)23-20-11-12-8-17(27-3)18(28-4)10-16(12)26-2/h5-11H,1-4H3,(H,21,22)(H,23,25)/b20-11-. The van der Waals surface area contributed by atoms with Crippen LogP contribution in [0.15, 0.2) is 41.6 Å². The highest BCUT2D eigenvalue weighted by molar-refractivity contribution is 5.94. The summed E-state index contributed by atoms with van der Waals surface area (Å²) in [5, 5.41) is 10.9. The molecule has 28 heavy (non-hydrogen) atoms. The second-order valence-electron chi connectivity index (χ2n) is 5.82. The molecule has 0 fully saturated rings. The number of methoxy groups -OCH3 is 3. The van der Waals surface area contributed by atoms with Crippen molar-refractivity contribution >= 4 is 12.1 Å². The molecule has 0 atom stereocenters. The first kappa shape index (κ1) is 19.0. The zero-order chi connectivity index (χ0) is 20.1. The molecule has 9 nitrogen and oxygen atoms in total. The van der Waals surface area contributed by atoms with Gasteiger partial charge in [0.05, 0.1) is 33.2 Å². The minimum Gasteiger partial charge on any atom is -0.496 e. The van der Waals surface area contributed by atoms with Gasteiger partial charge in [-0.1, -0.05) is 0 Å². The third kappa shape index (κ3) is 3.83. The number of carbonyl (C=O) groups is 1. The van der Waals surface area contributed by atoms with Gasteiger partial charge < -0.3 is 18.8 Å². The number of carbonyl (C=O) groups excluding carboxylic acids is 1. The van der Waals surface area contributed by atoms with Crippen LogP contribution < -0.4 is 19.6 Å². The summed E-state index contributed by atoms with van der Waals surface area (Å²) in [5.41, 5.74) is 4.95. The van der Waals surface area contributed by atoms with Crippen molar-refractivity contribution in [3.05, 3.63) is 47.8 Å². The molecule has 1 aromatic carbocycles. The van der Waals surface area contributed by atoms with Crippen LogP contribution in [0.3, 0.4) is 0 Å². The van der Waals surface area contributed by atoms with Crippen LogP contribution in [0.2, 0.25) is 0 Å². The summed E-state index contributed by atoms with van der Waals surface area (Å²) in [6, 6.07) is 8.88. The summed E-state index contributed by atoms with van der Waals surface area (Å²) in [5.74, 6) is 1.18. The Morgan fingerprint density at radius 3 is 2.50 bits per heavy atom. The lowest BCUT2D eigenvalue weighted by atomic mass is 10.2. The summed E-state index contributed by atoms with van der Waals surface area (Å²) in [6.45, 7) is 0. The fourth-order valence-electron chi connectivity index (χ4n) is 2.67. The molecule has 2 N–H and O–H groups in total. The normalized spacial score (nSPS) is 10.9. The first-order valence-corrected chi connectivity index (χ1v) is 8.38. The van der Waals surface area contributed by atoms with Crippen molar-refractivity contribution < 1.29 is 19.0 Å². The van der Waals surface area contributed by atoms with Crippen molar-refractivity contribution in [2.75, 3.05) is 21.3 Å². The number of H-pyrrole nitrogens is 1. The highest BCUT2D eigenvalue weighted by Gasteiger charge is 2.13. The fourth-order valence-corrected chi connectivity index (χ4v) is 2.67. The zero-order valence-corrected chi connectivity index (χ0v) is 16.0. The second-order valence-corrected chi connectivity index (χ2v) is 5.82. The number of hydrazone groups is 1. The SMILES string of the molecule is COc1cc(OC)c(OC)cc1/C=N\NC(=O)c1cc(-c2cccn2C)n[nH]1. The second kappa shape index (κ2) is 8.30. The number of aromatic nitrogens is 3. The molecule has 3 aromatic rings. The number of rotatable bonds is 7. The molecule has 2 aromatic heterocycles. The Kier molecular flexibility index (Phi) is 5.64. The molecule has 0 saturated carbocycles. The van der Waals surface area contributed by atoms with Gasteiger partial charge >= 0.3 is 0 Å². The van der Waals surface area contributed by atoms with Crippen LogP contribution in [0.1, 0.15) is 16.1 Å². The van der Waals surface area contributed by atoms with Crippen LogP contribution in [0.4, 0.5) is 0 Å². The highest BCUT2D eigenvalue weighted by Crippen LogP contribution is 2.33. The largest absolute Gasteiger partial charge is 0.496 e. The van der Waals surface area contributed by atoms with Gasteiger partial charge in [-0.2, -0.15) is 10.2 Å². The van der Waals surface area contributed by atoms with Gasteiger partial charge in [0.15, 0.2) is 11.5 Å². The number of nitrogens with one attached hydrogen (secondary N) is 2. The van der Waals surface area contributed by atoms with Crippen molar-refractivity contribution in [2.24, 2.45) is 12.1 Å². The third-order valence-corrected chi connectivity index (χ3v) is 4.13. The van der Waals surface area contributed by atoms with E-state index in [0.29, 0.717) is 34.2 Å². The van der Waals surface area contributed by atoms with E-state index in [1.165, 1.54) is 20.4 Å². The molecule has 0 saturated heterocycles. The molecule has 0 aliphatic rings. The summed E-state index contributed by atoms with van der Waals surface area (Å²) >= 11 is 0. The Hall–Kier alpha value is -3.75. The van der Waals surface area contributed by atoms with Gasteiger partial charge in [-0.3, -0.25) is 9.89 Å². The van der Waals surface area contributed by atoms with Crippen LogP contribution in [0.5, 0.6) is 17.2 Å². The van der Waals surface area contributed by atoms with Crippen LogP contribution in [0.25, 0.3) is 11.4 Å². The molecule has 146 valence electrons. The van der Waals surface area contributed by atoms with Crippen molar-refractivity contribution in [1.29, 1.82) is 0 Å². The van der Waals surface area contributed by atoms with E-state index < -0.39 is 5.91 Å². The summed E-state index contributed by atoms with van der Waals surface area (Å²) in [6.07, 6.45) is 3.37. The number of hydrogen-bond donors (Lipinski definition) is 2. The summed E-state index contributed by atoms with van der Waals surface area (Å²) < 4.78 is 17.8. The minimum absolute atomic E-state index is 0.299. The molecule has 0 bridgehead atoms. The van der Waals surface area contributed by atoms with E-state index in [-0.39, 0.29) is 0 Å². The molecule has 9 heteroatoms. The van der Waals surface area contributed by atoms with E-state index in [1.807, 2.05) is 29.9 Å². The minimum atomic E-state index is -0.413. The Morgan fingerprint density at radius 1 is 1.14 bits per heavy atom. The lowest BCUT2D eigenvalue weighted by Crippen LogP contribution is -2.18. The average Bonchev–Trinajstić information content (AvgIpc) is 3.36. The van der Waals surface area contributed by atoms with Gasteiger partial charge in [-0.25, -0.2) is 5.43 Å². The quantitative estimate of drug-likeness (QED) is 0.481. The molecule has 0 unspecified atom stereocenters. The number of aromatic amines is 1. The summed E-state index contributed by atoms with van der Waals surface area (Å²) in [7, 11) is 6.52. The molecule has 0 aliphatic carbocycles. The molecular weight excluding hydrogens is 362 g/mol. The first-order chi connectivity index (χ1) is 13.6. The molecule has 0 spiro atoms. The van der Waals surface area contributed by atoms with E-state index in [2.05, 4.69) is 20.7 Å². The smallest absolute Gasteiger partial charge is 0.289 e. The van der Waals surface area contributed by atoms with Crippen LogP contribution in [-0.2, 0) is 7.05 Å². The lowest BCUT2D eigenvalue weighted by molar-refractivity contribution is 0.0950. The maximum atomic E-state index is 12.3. The van der Waals surface area contributed by atoms with Crippen LogP contribution in [-0.4, -0.2) is 48.2 Å². The number of hydrogen-bond acceptors (Lipinski definition) is 6. The predicted octanol–water partition coefficient (Wildman–Crippen LogP) is 2.20. The molecule has 3 rings (SSSR count). The maximum Gasteiger partial charge on any atom is 0.289 e. The first-order valence-electron chi connectivity index (χ1n) is 8.38. The van der Waals surface area contributed by atoms with E-state index in [1.54, 1.807) is 25.3 Å². The van der Waals surface area contributed by atoms with E-state index in [0.717, 1.165) is 5.69 Å². The van der Waals surface area contributed by atoms with E-state index >= 15 is 0 Å². The Labute approximate surface area is 161 Å². The fraction of sp³-hybridized carbons (Fsp3) is 0.211. The Bertz CT molecular complexity index is 1010. The van der Waals surface area contributed by atoms with Crippen LogP contribution >= 0.6 is 0 Å². The lowest BCUT2D eigenvalue weighted by Gasteiger charge is -2.11. The Balaban J connectivity index is 1.73. The monoisotopic (exact) mass is 383 g/mol. The van der Waals surface area contributed by atoms with E-state index in [4.69, 9.17) is 14.2 Å².